The smallest absolute Gasteiger partial charge is 0.278 e. The van der Waals surface area contributed by atoms with Crippen LogP contribution in [0.2, 0.25) is 0 Å². The maximum Gasteiger partial charge on any atom is 0.289 e. The van der Waals surface area contributed by atoms with Crippen molar-refractivity contribution in [3.8, 4) is 0 Å². The Hall–Kier alpha value is -3.31. The third-order valence-corrected chi connectivity index (χ3v) is 6.24. The second-order valence-electron chi connectivity index (χ2n) is 5.53. The lowest BCUT2D eigenvalue weighted by atomic mass is 10.2. The van der Waals surface area contributed by atoms with Gasteiger partial charge in [-0.2, -0.15) is 0 Å². The maximum atomic E-state index is 12.4. The van der Waals surface area contributed by atoms with Gasteiger partial charge < -0.3 is 0 Å². The third-order valence-electron chi connectivity index (χ3n) is 3.48. The molecule has 0 saturated heterocycles. The number of carbonyl (C=O) groups is 2. The molecule has 0 radical (unpaired) electrons. The molecule has 0 aliphatic rings. The van der Waals surface area contributed by atoms with Crippen LogP contribution in [0.15, 0.2) is 58.4 Å². The van der Waals surface area contributed by atoms with Gasteiger partial charge in [0.2, 0.25) is 0 Å². The Morgan fingerprint density at radius 3 is 2.39 bits per heavy atom. The molecular formula is C17H15N5O4S2. The van der Waals surface area contributed by atoms with Crippen LogP contribution in [0.1, 0.15) is 26.5 Å². The third kappa shape index (κ3) is 4.50. The number of amides is 2. The SMILES string of the molecule is Cc1cnc(C(=O)NNC(=O)c2ccccc2NS(=O)(=O)c2cccs2)cn1. The molecule has 3 aromatic rings. The second-order valence-corrected chi connectivity index (χ2v) is 8.39. The number of carbonyl (C=O) groups excluding carboxylic acids is 2. The van der Waals surface area contributed by atoms with Gasteiger partial charge in [0.1, 0.15) is 9.90 Å². The number of anilines is 1. The zero-order chi connectivity index (χ0) is 20.1. The van der Waals surface area contributed by atoms with Crippen molar-refractivity contribution < 1.29 is 18.0 Å². The van der Waals surface area contributed by atoms with E-state index in [9.17, 15) is 18.0 Å². The van der Waals surface area contributed by atoms with Crippen LogP contribution >= 0.6 is 11.3 Å². The summed E-state index contributed by atoms with van der Waals surface area (Å²) in [6, 6.07) is 9.11. The molecule has 0 aliphatic carbocycles. The van der Waals surface area contributed by atoms with Gasteiger partial charge in [-0.1, -0.05) is 18.2 Å². The van der Waals surface area contributed by atoms with Crippen LogP contribution < -0.4 is 15.6 Å². The van der Waals surface area contributed by atoms with Crippen LogP contribution in [0.4, 0.5) is 5.69 Å². The van der Waals surface area contributed by atoms with E-state index in [0.29, 0.717) is 5.69 Å². The zero-order valence-electron chi connectivity index (χ0n) is 14.5. The van der Waals surface area contributed by atoms with Crippen LogP contribution in [0.5, 0.6) is 0 Å². The molecule has 2 aromatic heterocycles. The summed E-state index contributed by atoms with van der Waals surface area (Å²) in [4.78, 5) is 32.3. The van der Waals surface area contributed by atoms with Crippen molar-refractivity contribution in [2.24, 2.45) is 0 Å². The quantitative estimate of drug-likeness (QED) is 0.542. The number of rotatable bonds is 5. The summed E-state index contributed by atoms with van der Waals surface area (Å²) < 4.78 is 27.3. The summed E-state index contributed by atoms with van der Waals surface area (Å²) in [5.41, 5.74) is 5.24. The van der Waals surface area contributed by atoms with Gasteiger partial charge in [-0.05, 0) is 30.5 Å². The first-order chi connectivity index (χ1) is 13.4. The average molecular weight is 417 g/mol. The number of aromatic nitrogens is 2. The highest BCUT2D eigenvalue weighted by atomic mass is 32.2. The van der Waals surface area contributed by atoms with E-state index in [0.717, 1.165) is 11.3 Å². The fourth-order valence-corrected chi connectivity index (χ4v) is 4.21. The van der Waals surface area contributed by atoms with Crippen molar-refractivity contribution in [1.29, 1.82) is 0 Å². The van der Waals surface area contributed by atoms with E-state index in [1.54, 1.807) is 30.5 Å². The fourth-order valence-electron chi connectivity index (χ4n) is 2.14. The van der Waals surface area contributed by atoms with Crippen molar-refractivity contribution in [2.45, 2.75) is 11.1 Å². The average Bonchev–Trinajstić information content (AvgIpc) is 3.22. The first kappa shape index (κ1) is 19.5. The normalized spacial score (nSPS) is 10.9. The van der Waals surface area contributed by atoms with Gasteiger partial charge in [-0.15, -0.1) is 11.3 Å². The number of thiophene rings is 1. The number of hydrogen-bond acceptors (Lipinski definition) is 7. The predicted molar refractivity (Wildman–Crippen MR) is 103 cm³/mol. The molecule has 0 fully saturated rings. The molecule has 0 unspecified atom stereocenters. The van der Waals surface area contributed by atoms with Gasteiger partial charge in [0, 0.05) is 6.20 Å². The van der Waals surface area contributed by atoms with Crippen molar-refractivity contribution >= 4 is 38.9 Å². The minimum absolute atomic E-state index is 0.0255. The van der Waals surface area contributed by atoms with Crippen molar-refractivity contribution in [2.75, 3.05) is 4.72 Å². The topological polar surface area (TPSA) is 130 Å². The maximum absolute atomic E-state index is 12.4. The number of sulfonamides is 1. The van der Waals surface area contributed by atoms with Gasteiger partial charge in [0.25, 0.3) is 21.8 Å². The lowest BCUT2D eigenvalue weighted by Crippen LogP contribution is -2.42. The van der Waals surface area contributed by atoms with Crippen LogP contribution in [-0.2, 0) is 10.0 Å². The highest BCUT2D eigenvalue weighted by molar-refractivity contribution is 7.94. The highest BCUT2D eigenvalue weighted by Crippen LogP contribution is 2.22. The first-order valence-electron chi connectivity index (χ1n) is 7.91. The number of benzene rings is 1. The number of hydrazine groups is 1. The van der Waals surface area contributed by atoms with Gasteiger partial charge in [-0.3, -0.25) is 30.1 Å². The highest BCUT2D eigenvalue weighted by Gasteiger charge is 2.19. The van der Waals surface area contributed by atoms with E-state index in [1.165, 1.54) is 30.6 Å². The Morgan fingerprint density at radius 1 is 0.964 bits per heavy atom. The van der Waals surface area contributed by atoms with Crippen molar-refractivity contribution in [3.63, 3.8) is 0 Å². The number of hydrogen-bond donors (Lipinski definition) is 3. The number of aryl methyl sites for hydroxylation is 1. The van der Waals surface area contributed by atoms with E-state index >= 15 is 0 Å². The van der Waals surface area contributed by atoms with Gasteiger partial charge in [-0.25, -0.2) is 13.4 Å². The summed E-state index contributed by atoms with van der Waals surface area (Å²) >= 11 is 1.06. The molecule has 0 spiro atoms. The van der Waals surface area contributed by atoms with Crippen LogP contribution in [-0.4, -0.2) is 30.2 Å². The molecular weight excluding hydrogens is 402 g/mol. The lowest BCUT2D eigenvalue weighted by molar-refractivity contribution is 0.0844. The Labute approximate surface area is 164 Å². The van der Waals surface area contributed by atoms with Crippen molar-refractivity contribution in [1.82, 2.24) is 20.8 Å². The number of nitrogens with one attached hydrogen (secondary N) is 3. The van der Waals surface area contributed by atoms with E-state index < -0.39 is 21.8 Å². The zero-order valence-corrected chi connectivity index (χ0v) is 16.2. The fraction of sp³-hybridized carbons (Fsp3) is 0.0588. The molecule has 3 N–H and O–H groups in total. The molecule has 0 saturated carbocycles. The van der Waals surface area contributed by atoms with Gasteiger partial charge in [0.05, 0.1) is 23.1 Å². The molecule has 1 aromatic carbocycles. The molecule has 2 heterocycles. The van der Waals surface area contributed by atoms with E-state index in [4.69, 9.17) is 0 Å². The van der Waals surface area contributed by atoms with Crippen molar-refractivity contribution in [3.05, 3.63) is 71.1 Å². The molecule has 28 heavy (non-hydrogen) atoms. The Balaban J connectivity index is 1.72. The predicted octanol–water partition coefficient (Wildman–Crippen LogP) is 1.72. The minimum Gasteiger partial charge on any atom is -0.278 e. The summed E-state index contributed by atoms with van der Waals surface area (Å²) in [6.07, 6.45) is 2.70. The first-order valence-corrected chi connectivity index (χ1v) is 10.3. The minimum atomic E-state index is -3.82. The van der Waals surface area contributed by atoms with Crippen LogP contribution in [0.25, 0.3) is 0 Å². The van der Waals surface area contributed by atoms with E-state index in [2.05, 4.69) is 25.5 Å². The van der Waals surface area contributed by atoms with Crippen LogP contribution in [0.3, 0.4) is 0 Å². The van der Waals surface area contributed by atoms with Gasteiger partial charge >= 0.3 is 0 Å². The summed E-state index contributed by atoms with van der Waals surface area (Å²) in [5.74, 6) is -1.35. The molecule has 3 rings (SSSR count). The molecule has 11 heteroatoms. The number of para-hydroxylation sites is 1. The Kier molecular flexibility index (Phi) is 5.66. The van der Waals surface area contributed by atoms with Crippen LogP contribution in [0, 0.1) is 6.92 Å². The second kappa shape index (κ2) is 8.15. The molecule has 0 atom stereocenters. The number of nitrogens with zero attached hydrogens (tertiary/aromatic N) is 2. The monoisotopic (exact) mass is 417 g/mol. The standard InChI is InChI=1S/C17H15N5O4S2/c1-11-9-19-14(10-18-11)17(24)21-20-16(23)12-5-2-3-6-13(12)22-28(25,26)15-7-4-8-27-15/h2-10,22H,1H3,(H,20,23)(H,21,24). The Morgan fingerprint density at radius 2 is 1.71 bits per heavy atom. The summed E-state index contributed by atoms with van der Waals surface area (Å²) in [6.45, 7) is 1.73. The molecule has 0 aliphatic heterocycles. The molecule has 0 bridgehead atoms. The summed E-state index contributed by atoms with van der Waals surface area (Å²) in [7, 11) is -3.82. The van der Waals surface area contributed by atoms with Gasteiger partial charge in [0.15, 0.2) is 0 Å². The van der Waals surface area contributed by atoms with E-state index in [-0.39, 0.29) is 21.2 Å². The molecule has 144 valence electrons. The summed E-state index contributed by atoms with van der Waals surface area (Å²) in [5, 5.41) is 1.64. The molecule has 2 amide bonds. The molecule has 9 nitrogen and oxygen atoms in total. The lowest BCUT2D eigenvalue weighted by Gasteiger charge is -2.12. The van der Waals surface area contributed by atoms with E-state index in [1.807, 2.05) is 0 Å². The Bertz CT molecular complexity index is 1100. The largest absolute Gasteiger partial charge is 0.289 e.